The molecule has 0 aliphatic carbocycles. The Morgan fingerprint density at radius 2 is 2.36 bits per heavy atom. The molecule has 0 saturated heterocycles. The molecule has 0 unspecified atom stereocenters. The van der Waals surface area contributed by atoms with E-state index in [0.717, 1.165) is 0 Å². The molecule has 2 aromatic heterocycles. The van der Waals surface area contributed by atoms with Gasteiger partial charge in [-0.2, -0.15) is 4.98 Å². The van der Waals surface area contributed by atoms with Crippen LogP contribution >= 0.6 is 0 Å². The molecule has 2 rings (SSSR count). The monoisotopic (exact) mass is 147 g/mol. The van der Waals surface area contributed by atoms with Gasteiger partial charge in [-0.1, -0.05) is 6.07 Å². The third-order valence-corrected chi connectivity index (χ3v) is 1.41. The molecule has 11 heavy (non-hydrogen) atoms. The van der Waals surface area contributed by atoms with Crippen LogP contribution < -0.4 is 5.56 Å². The van der Waals surface area contributed by atoms with Gasteiger partial charge >= 0.3 is 0 Å². The van der Waals surface area contributed by atoms with E-state index in [1.807, 2.05) is 6.07 Å². The molecule has 2 heterocycles. The molecule has 54 valence electrons. The molecule has 2 aromatic rings. The second-order valence-corrected chi connectivity index (χ2v) is 2.16. The van der Waals surface area contributed by atoms with Crippen molar-refractivity contribution in [1.29, 1.82) is 0 Å². The first kappa shape index (κ1) is 5.07. The van der Waals surface area contributed by atoms with E-state index in [0.29, 0.717) is 5.65 Å². The molecule has 0 aliphatic heterocycles. The highest BCUT2D eigenvalue weighted by atomic mass is 16.1. The van der Waals surface area contributed by atoms with Crippen molar-refractivity contribution < 1.29 is 1.37 Å². The maximum atomic E-state index is 10.9. The zero-order valence-corrected chi connectivity index (χ0v) is 5.69. The largest absolute Gasteiger partial charge is 0.308 e. The lowest BCUT2D eigenvalue weighted by atomic mass is 10.4. The topological polar surface area (TPSA) is 34.4 Å². The maximum Gasteiger partial charge on any atom is 0.273 e. The van der Waals surface area contributed by atoms with Crippen LogP contribution in [0.5, 0.6) is 0 Å². The molecule has 0 amide bonds. The van der Waals surface area contributed by atoms with Crippen LogP contribution in [0.15, 0.2) is 41.4 Å². The van der Waals surface area contributed by atoms with Gasteiger partial charge in [0.05, 0.1) is 1.37 Å². The molecule has 0 saturated carbocycles. The molecule has 0 bridgehead atoms. The Kier molecular flexibility index (Phi) is 1.01. The van der Waals surface area contributed by atoms with E-state index >= 15 is 0 Å². The Labute approximate surface area is 64.3 Å². The van der Waals surface area contributed by atoms with E-state index in [4.69, 9.17) is 1.37 Å². The summed E-state index contributed by atoms with van der Waals surface area (Å²) in [4.78, 5) is 14.6. The average Bonchev–Trinajstić information content (AvgIpc) is 2.07. The van der Waals surface area contributed by atoms with Crippen molar-refractivity contribution in [3.05, 3.63) is 47.0 Å². The number of hydrogen-bond acceptors (Lipinski definition) is 2. The Morgan fingerprint density at radius 3 is 3.27 bits per heavy atom. The molecule has 0 aliphatic rings. The summed E-state index contributed by atoms with van der Waals surface area (Å²) in [5.41, 5.74) is 0.0831. The summed E-state index contributed by atoms with van der Waals surface area (Å²) in [5.74, 6) is 0. The fourth-order valence-corrected chi connectivity index (χ4v) is 0.912. The summed E-state index contributed by atoms with van der Waals surface area (Å²) in [6.45, 7) is 0. The number of fused-ring (bicyclic) bond motifs is 1. The van der Waals surface area contributed by atoms with Gasteiger partial charge in [0.25, 0.3) is 5.56 Å². The minimum absolute atomic E-state index is 0.0845. The lowest BCUT2D eigenvalue weighted by molar-refractivity contribution is 1.07. The lowest BCUT2D eigenvalue weighted by Gasteiger charge is -1.95. The Morgan fingerprint density at radius 1 is 1.45 bits per heavy atom. The van der Waals surface area contributed by atoms with Crippen molar-refractivity contribution in [3.8, 4) is 0 Å². The smallest absolute Gasteiger partial charge is 0.273 e. The molecular weight excluding hydrogens is 140 g/mol. The molecular formula is C8H6N2O. The van der Waals surface area contributed by atoms with Crippen molar-refractivity contribution in [2.75, 3.05) is 0 Å². The zero-order valence-electron chi connectivity index (χ0n) is 6.69. The van der Waals surface area contributed by atoms with Crippen molar-refractivity contribution in [2.24, 2.45) is 0 Å². The van der Waals surface area contributed by atoms with Gasteiger partial charge in [-0.15, -0.1) is 0 Å². The van der Waals surface area contributed by atoms with Crippen LogP contribution in [-0.2, 0) is 0 Å². The van der Waals surface area contributed by atoms with E-state index in [-0.39, 0.29) is 6.04 Å². The van der Waals surface area contributed by atoms with Crippen LogP contribution in [-0.4, -0.2) is 9.38 Å². The predicted octanol–water partition coefficient (Wildman–Crippen LogP) is 0.695. The molecule has 0 aromatic carbocycles. The molecule has 0 spiro atoms. The Bertz CT molecular complexity index is 478. The molecule has 3 heteroatoms. The van der Waals surface area contributed by atoms with Gasteiger partial charge in [0, 0.05) is 18.4 Å². The lowest BCUT2D eigenvalue weighted by Crippen LogP contribution is -2.05. The highest BCUT2D eigenvalue weighted by Gasteiger charge is 1.89. The number of pyridine rings is 1. The standard InChI is InChI=1S/C8H6N2O/c11-8-4-6-10-5-2-1-3-7(10)9-8/h1-6H/i4D. The Hall–Kier alpha value is -1.64. The van der Waals surface area contributed by atoms with Gasteiger partial charge in [-0.05, 0) is 12.1 Å². The Balaban J connectivity index is 2.93. The third-order valence-electron chi connectivity index (χ3n) is 1.41. The first-order chi connectivity index (χ1) is 5.77. The molecule has 0 N–H and O–H groups in total. The summed E-state index contributed by atoms with van der Waals surface area (Å²) in [7, 11) is 0. The van der Waals surface area contributed by atoms with Crippen molar-refractivity contribution >= 4 is 5.65 Å². The maximum absolute atomic E-state index is 10.9. The first-order valence-corrected chi connectivity index (χ1v) is 3.22. The summed E-state index contributed by atoms with van der Waals surface area (Å²) in [6.07, 6.45) is 3.20. The molecule has 0 fully saturated rings. The summed E-state index contributed by atoms with van der Waals surface area (Å²) < 4.78 is 8.85. The summed E-state index contributed by atoms with van der Waals surface area (Å²) in [5, 5.41) is 0. The first-order valence-electron chi connectivity index (χ1n) is 3.72. The number of hydrogen-bond donors (Lipinski definition) is 0. The normalized spacial score (nSPS) is 11.5. The highest BCUT2D eigenvalue weighted by Crippen LogP contribution is 1.93. The van der Waals surface area contributed by atoms with Crippen LogP contribution in [0, 0.1) is 0 Å². The predicted molar refractivity (Wildman–Crippen MR) is 41.5 cm³/mol. The van der Waals surface area contributed by atoms with E-state index in [2.05, 4.69) is 4.98 Å². The SMILES string of the molecule is [2H]c1cn2ccccc2nc1=O. The van der Waals surface area contributed by atoms with Gasteiger partial charge in [0.15, 0.2) is 0 Å². The summed E-state index contributed by atoms with van der Waals surface area (Å²) in [6, 6.07) is 5.25. The van der Waals surface area contributed by atoms with Crippen molar-refractivity contribution in [1.82, 2.24) is 9.38 Å². The minimum Gasteiger partial charge on any atom is -0.308 e. The van der Waals surface area contributed by atoms with Gasteiger partial charge in [-0.25, -0.2) is 0 Å². The number of nitrogens with zero attached hydrogens (tertiary/aromatic N) is 2. The van der Waals surface area contributed by atoms with E-state index in [1.165, 1.54) is 6.20 Å². The fourth-order valence-electron chi connectivity index (χ4n) is 0.912. The second-order valence-electron chi connectivity index (χ2n) is 2.16. The fraction of sp³-hybridized carbons (Fsp3) is 0. The molecule has 0 radical (unpaired) electrons. The highest BCUT2D eigenvalue weighted by molar-refractivity contribution is 5.35. The van der Waals surface area contributed by atoms with Crippen molar-refractivity contribution in [3.63, 3.8) is 0 Å². The van der Waals surface area contributed by atoms with E-state index in [1.54, 1.807) is 22.7 Å². The quantitative estimate of drug-likeness (QED) is 0.549. The van der Waals surface area contributed by atoms with Crippen LogP contribution in [0.4, 0.5) is 0 Å². The number of rotatable bonds is 0. The van der Waals surface area contributed by atoms with Gasteiger partial charge in [0.1, 0.15) is 5.65 Å². The zero-order chi connectivity index (χ0) is 8.55. The van der Waals surface area contributed by atoms with Crippen molar-refractivity contribution in [2.45, 2.75) is 0 Å². The number of aromatic nitrogens is 2. The third kappa shape index (κ3) is 1.00. The van der Waals surface area contributed by atoms with Gasteiger partial charge in [-0.3, -0.25) is 4.79 Å². The summed E-state index contributed by atoms with van der Waals surface area (Å²) >= 11 is 0. The van der Waals surface area contributed by atoms with Crippen LogP contribution in [0.3, 0.4) is 0 Å². The van der Waals surface area contributed by atoms with Crippen LogP contribution in [0.25, 0.3) is 5.65 Å². The van der Waals surface area contributed by atoms with E-state index in [9.17, 15) is 4.79 Å². The molecule has 0 atom stereocenters. The van der Waals surface area contributed by atoms with Gasteiger partial charge in [0.2, 0.25) is 0 Å². The van der Waals surface area contributed by atoms with E-state index < -0.39 is 5.56 Å². The second kappa shape index (κ2) is 2.20. The molecule has 3 nitrogen and oxygen atoms in total. The average molecular weight is 147 g/mol. The van der Waals surface area contributed by atoms with Crippen LogP contribution in [0.2, 0.25) is 0 Å². The minimum atomic E-state index is -0.485. The van der Waals surface area contributed by atoms with Crippen LogP contribution in [0.1, 0.15) is 1.37 Å². The van der Waals surface area contributed by atoms with Gasteiger partial charge < -0.3 is 4.40 Å².